The van der Waals surface area contributed by atoms with Gasteiger partial charge in [0.05, 0.1) is 19.2 Å². The number of amides is 2. The maximum absolute atomic E-state index is 12.9. The van der Waals surface area contributed by atoms with E-state index in [2.05, 4.69) is 10.6 Å². The summed E-state index contributed by atoms with van der Waals surface area (Å²) in [4.78, 5) is 11.5. The lowest BCUT2D eigenvalue weighted by Gasteiger charge is -2.33. The first-order chi connectivity index (χ1) is 11.8. The summed E-state index contributed by atoms with van der Waals surface area (Å²) in [7, 11) is 1.49. The standard InChI is InChI=1S/C17H21F3N2O3/c1-9(17(18,19)20)25-14-5-3-4-13(24-2)15(14)10-6-7-11-12(8-10)22-16(23)21-11/h3-5,9-12H,6-8H2,1-2H3,(H2,21,22,23). The molecule has 3 rings (SSSR count). The molecule has 4 atom stereocenters. The van der Waals surface area contributed by atoms with Crippen LogP contribution in [0.15, 0.2) is 18.2 Å². The van der Waals surface area contributed by atoms with Crippen molar-refractivity contribution >= 4 is 6.03 Å². The van der Waals surface area contributed by atoms with E-state index in [1.54, 1.807) is 12.1 Å². The number of carbonyl (C=O) groups is 1. The van der Waals surface area contributed by atoms with E-state index >= 15 is 0 Å². The van der Waals surface area contributed by atoms with Crippen molar-refractivity contribution in [2.24, 2.45) is 0 Å². The summed E-state index contributed by atoms with van der Waals surface area (Å²) in [5.41, 5.74) is 0.640. The molecule has 1 aromatic rings. The fourth-order valence-electron chi connectivity index (χ4n) is 3.61. The van der Waals surface area contributed by atoms with Crippen molar-refractivity contribution in [3.05, 3.63) is 23.8 Å². The largest absolute Gasteiger partial charge is 0.496 e. The molecule has 1 aliphatic carbocycles. The molecular formula is C17H21F3N2O3. The number of hydrogen-bond donors (Lipinski definition) is 2. The van der Waals surface area contributed by atoms with Gasteiger partial charge in [-0.3, -0.25) is 0 Å². The molecule has 1 saturated carbocycles. The number of alkyl halides is 3. The topological polar surface area (TPSA) is 59.6 Å². The zero-order valence-electron chi connectivity index (χ0n) is 14.0. The van der Waals surface area contributed by atoms with Crippen LogP contribution in [-0.2, 0) is 0 Å². The van der Waals surface area contributed by atoms with Crippen LogP contribution >= 0.6 is 0 Å². The molecule has 1 aliphatic heterocycles. The minimum absolute atomic E-state index is 0.0379. The molecule has 0 bridgehead atoms. The number of carbonyl (C=O) groups excluding carboxylic acids is 1. The van der Waals surface area contributed by atoms with Gasteiger partial charge in [0.2, 0.25) is 0 Å². The van der Waals surface area contributed by atoms with E-state index in [1.165, 1.54) is 13.2 Å². The lowest BCUT2D eigenvalue weighted by molar-refractivity contribution is -0.189. The number of benzene rings is 1. The Kier molecular flexibility index (Phi) is 4.71. The van der Waals surface area contributed by atoms with Crippen LogP contribution in [-0.4, -0.2) is 37.5 Å². The number of urea groups is 1. The highest BCUT2D eigenvalue weighted by molar-refractivity contribution is 5.77. The number of hydrogen-bond acceptors (Lipinski definition) is 3. The monoisotopic (exact) mass is 358 g/mol. The summed E-state index contributed by atoms with van der Waals surface area (Å²) in [5.74, 6) is 0.644. The van der Waals surface area contributed by atoms with Crippen LogP contribution in [0.3, 0.4) is 0 Å². The van der Waals surface area contributed by atoms with Crippen LogP contribution in [0.2, 0.25) is 0 Å². The molecule has 0 spiro atoms. The number of methoxy groups -OCH3 is 1. The van der Waals surface area contributed by atoms with Crippen LogP contribution in [0, 0.1) is 0 Å². The Hall–Kier alpha value is -2.12. The van der Waals surface area contributed by atoms with E-state index in [4.69, 9.17) is 9.47 Å². The fraction of sp³-hybridized carbons (Fsp3) is 0.588. The van der Waals surface area contributed by atoms with Crippen LogP contribution in [0.5, 0.6) is 11.5 Å². The Morgan fingerprint density at radius 3 is 2.52 bits per heavy atom. The molecule has 2 aliphatic rings. The molecule has 2 amide bonds. The van der Waals surface area contributed by atoms with Crippen molar-refractivity contribution in [3.63, 3.8) is 0 Å². The highest BCUT2D eigenvalue weighted by atomic mass is 19.4. The summed E-state index contributed by atoms with van der Waals surface area (Å²) in [5, 5.41) is 5.73. The average Bonchev–Trinajstić information content (AvgIpc) is 2.92. The van der Waals surface area contributed by atoms with E-state index in [0.717, 1.165) is 19.8 Å². The number of rotatable bonds is 4. The Balaban J connectivity index is 1.88. The molecule has 8 heteroatoms. The molecule has 1 aromatic carbocycles. The van der Waals surface area contributed by atoms with Gasteiger partial charge in [-0.05, 0) is 44.2 Å². The summed E-state index contributed by atoms with van der Waals surface area (Å²) in [6, 6.07) is 4.71. The van der Waals surface area contributed by atoms with E-state index < -0.39 is 12.3 Å². The van der Waals surface area contributed by atoms with E-state index in [-0.39, 0.29) is 29.8 Å². The lowest BCUT2D eigenvalue weighted by Crippen LogP contribution is -2.39. The van der Waals surface area contributed by atoms with Crippen LogP contribution in [0.1, 0.15) is 37.7 Å². The van der Waals surface area contributed by atoms with Gasteiger partial charge in [0.25, 0.3) is 0 Å². The van der Waals surface area contributed by atoms with Gasteiger partial charge in [0.1, 0.15) is 11.5 Å². The third-order valence-corrected chi connectivity index (χ3v) is 4.90. The van der Waals surface area contributed by atoms with Crippen LogP contribution in [0.4, 0.5) is 18.0 Å². The van der Waals surface area contributed by atoms with Gasteiger partial charge in [-0.15, -0.1) is 0 Å². The van der Waals surface area contributed by atoms with Crippen molar-refractivity contribution in [1.29, 1.82) is 0 Å². The molecule has 0 radical (unpaired) electrons. The van der Waals surface area contributed by atoms with Crippen LogP contribution in [0.25, 0.3) is 0 Å². The highest BCUT2D eigenvalue weighted by Crippen LogP contribution is 2.44. The Morgan fingerprint density at radius 1 is 1.16 bits per heavy atom. The molecule has 1 saturated heterocycles. The maximum atomic E-state index is 12.9. The van der Waals surface area contributed by atoms with Crippen molar-refractivity contribution < 1.29 is 27.4 Å². The van der Waals surface area contributed by atoms with Gasteiger partial charge < -0.3 is 20.1 Å². The summed E-state index contributed by atoms with van der Waals surface area (Å²) >= 11 is 0. The third-order valence-electron chi connectivity index (χ3n) is 4.90. The first-order valence-electron chi connectivity index (χ1n) is 8.27. The molecule has 1 heterocycles. The predicted molar refractivity (Wildman–Crippen MR) is 85.0 cm³/mol. The minimum atomic E-state index is -4.44. The molecule has 138 valence electrons. The Morgan fingerprint density at radius 2 is 1.84 bits per heavy atom. The van der Waals surface area contributed by atoms with Gasteiger partial charge >= 0.3 is 12.2 Å². The van der Waals surface area contributed by atoms with Gasteiger partial charge in [0.15, 0.2) is 6.10 Å². The van der Waals surface area contributed by atoms with Gasteiger partial charge in [-0.25, -0.2) is 4.79 Å². The number of ether oxygens (including phenoxy) is 2. The fourth-order valence-corrected chi connectivity index (χ4v) is 3.61. The summed E-state index contributed by atoms with van der Waals surface area (Å²) < 4.78 is 49.3. The maximum Gasteiger partial charge on any atom is 0.425 e. The first-order valence-corrected chi connectivity index (χ1v) is 8.27. The van der Waals surface area contributed by atoms with Crippen molar-refractivity contribution in [2.45, 2.75) is 56.5 Å². The number of fused-ring (bicyclic) bond motifs is 1. The molecule has 0 aromatic heterocycles. The van der Waals surface area contributed by atoms with Crippen molar-refractivity contribution in [1.82, 2.24) is 10.6 Å². The second-order valence-corrected chi connectivity index (χ2v) is 6.51. The highest BCUT2D eigenvalue weighted by Gasteiger charge is 2.41. The molecule has 25 heavy (non-hydrogen) atoms. The second-order valence-electron chi connectivity index (χ2n) is 6.51. The first kappa shape index (κ1) is 17.7. The Labute approximate surface area is 143 Å². The van der Waals surface area contributed by atoms with Crippen molar-refractivity contribution in [3.8, 4) is 11.5 Å². The number of nitrogens with one attached hydrogen (secondary N) is 2. The Bertz CT molecular complexity index is 651. The van der Waals surface area contributed by atoms with E-state index in [1.807, 2.05) is 0 Å². The SMILES string of the molecule is COc1cccc(OC(C)C(F)(F)F)c1C1CCC2NC(=O)NC2C1. The zero-order chi connectivity index (χ0) is 18.2. The van der Waals surface area contributed by atoms with Crippen LogP contribution < -0.4 is 20.1 Å². The third kappa shape index (κ3) is 3.62. The second kappa shape index (κ2) is 6.65. The van der Waals surface area contributed by atoms with Gasteiger partial charge in [-0.1, -0.05) is 6.07 Å². The summed E-state index contributed by atoms with van der Waals surface area (Å²) in [6.07, 6.45) is -4.25. The molecular weight excluding hydrogens is 337 g/mol. The molecule has 2 N–H and O–H groups in total. The average molecular weight is 358 g/mol. The van der Waals surface area contributed by atoms with Gasteiger partial charge in [-0.2, -0.15) is 13.2 Å². The lowest BCUT2D eigenvalue weighted by atomic mass is 9.78. The zero-order valence-corrected chi connectivity index (χ0v) is 14.0. The van der Waals surface area contributed by atoms with Gasteiger partial charge in [0, 0.05) is 5.56 Å². The molecule has 5 nitrogen and oxygen atoms in total. The normalized spacial score (nSPS) is 27.1. The minimum Gasteiger partial charge on any atom is -0.496 e. The predicted octanol–water partition coefficient (Wildman–Crippen LogP) is 3.34. The van der Waals surface area contributed by atoms with Crippen molar-refractivity contribution in [2.75, 3.05) is 7.11 Å². The quantitative estimate of drug-likeness (QED) is 0.868. The molecule has 4 unspecified atom stereocenters. The smallest absolute Gasteiger partial charge is 0.425 e. The molecule has 2 fully saturated rings. The summed E-state index contributed by atoms with van der Waals surface area (Å²) in [6.45, 7) is 0.987. The van der Waals surface area contributed by atoms with E-state index in [9.17, 15) is 18.0 Å². The number of halogens is 3. The van der Waals surface area contributed by atoms with E-state index in [0.29, 0.717) is 17.7 Å².